The van der Waals surface area contributed by atoms with Crippen molar-refractivity contribution >= 4 is 5.82 Å². The number of nitro groups is 1. The van der Waals surface area contributed by atoms with Gasteiger partial charge >= 0.3 is 5.82 Å². The van der Waals surface area contributed by atoms with E-state index in [-0.39, 0.29) is 6.20 Å². The van der Waals surface area contributed by atoms with E-state index in [1.807, 2.05) is 0 Å². The largest absolute Gasteiger partial charge is 0.402 e. The Morgan fingerprint density at radius 2 is 1.93 bits per heavy atom. The molecular formula is C6H2F4N2O2. The van der Waals surface area contributed by atoms with Gasteiger partial charge in [0.05, 0.1) is 0 Å². The Balaban J connectivity index is 3.33. The van der Waals surface area contributed by atoms with E-state index in [2.05, 4.69) is 4.98 Å². The Morgan fingerprint density at radius 1 is 1.36 bits per heavy atom. The molecule has 0 aromatic carbocycles. The molecule has 0 unspecified atom stereocenters. The third-order valence-corrected chi connectivity index (χ3v) is 1.38. The van der Waals surface area contributed by atoms with Crippen molar-refractivity contribution < 1.29 is 22.5 Å². The van der Waals surface area contributed by atoms with Crippen LogP contribution in [0.1, 0.15) is 12.0 Å². The number of aromatic nitrogens is 1. The van der Waals surface area contributed by atoms with Gasteiger partial charge in [-0.2, -0.15) is 4.39 Å². The summed E-state index contributed by atoms with van der Waals surface area (Å²) in [5, 5.41) is 10.0. The lowest BCUT2D eigenvalue weighted by molar-refractivity contribution is -0.392. The summed E-state index contributed by atoms with van der Waals surface area (Å²) in [5.41, 5.74) is -1.30. The average molecular weight is 210 g/mol. The Kier molecular flexibility index (Phi) is 2.63. The number of rotatable bonds is 2. The summed E-state index contributed by atoms with van der Waals surface area (Å²) in [6, 6.07) is 0. The average Bonchev–Trinajstić information content (AvgIpc) is 2.08. The van der Waals surface area contributed by atoms with Gasteiger partial charge in [0.1, 0.15) is 5.56 Å². The molecule has 0 bridgehead atoms. The second-order valence-corrected chi connectivity index (χ2v) is 2.22. The summed E-state index contributed by atoms with van der Waals surface area (Å²) in [4.78, 5) is 11.5. The number of nitrogens with zero attached hydrogens (tertiary/aromatic N) is 2. The highest BCUT2D eigenvalue weighted by atomic mass is 19.3. The molecule has 8 heteroatoms. The molecular weight excluding hydrogens is 208 g/mol. The first-order valence-corrected chi connectivity index (χ1v) is 3.21. The van der Waals surface area contributed by atoms with E-state index in [0.717, 1.165) is 0 Å². The Morgan fingerprint density at radius 3 is 2.36 bits per heavy atom. The molecule has 0 amide bonds. The summed E-state index contributed by atoms with van der Waals surface area (Å²) < 4.78 is 49.2. The molecule has 0 N–H and O–H groups in total. The van der Waals surface area contributed by atoms with Crippen LogP contribution in [0.25, 0.3) is 0 Å². The maximum atomic E-state index is 12.7. The molecule has 0 aliphatic carbocycles. The van der Waals surface area contributed by atoms with Gasteiger partial charge in [-0.15, -0.1) is 0 Å². The lowest BCUT2D eigenvalue weighted by Gasteiger charge is -2.00. The normalized spacial score (nSPS) is 10.6. The van der Waals surface area contributed by atoms with Crippen LogP contribution < -0.4 is 0 Å². The maximum Gasteiger partial charge on any atom is 0.402 e. The summed E-state index contributed by atoms with van der Waals surface area (Å²) in [6.07, 6.45) is -3.03. The van der Waals surface area contributed by atoms with E-state index >= 15 is 0 Å². The summed E-state index contributed by atoms with van der Waals surface area (Å²) in [5.74, 6) is -5.33. The van der Waals surface area contributed by atoms with E-state index in [1.165, 1.54) is 0 Å². The van der Waals surface area contributed by atoms with Crippen LogP contribution in [0, 0.1) is 21.7 Å². The fourth-order valence-electron chi connectivity index (χ4n) is 0.748. The molecule has 76 valence electrons. The number of pyridine rings is 1. The van der Waals surface area contributed by atoms with Crippen molar-refractivity contribution in [3.63, 3.8) is 0 Å². The predicted molar refractivity (Wildman–Crippen MR) is 35.8 cm³/mol. The fourth-order valence-corrected chi connectivity index (χ4v) is 0.748. The molecule has 0 atom stereocenters. The van der Waals surface area contributed by atoms with Crippen LogP contribution in [0.5, 0.6) is 0 Å². The standard InChI is InChI=1S/C6H2F4N2O2/c7-3-2(5(9)10)1-11-6(4(3)8)12(13)14/h1,5H. The predicted octanol–water partition coefficient (Wildman–Crippen LogP) is 2.21. The molecule has 0 spiro atoms. The molecule has 0 fully saturated rings. The lowest BCUT2D eigenvalue weighted by Crippen LogP contribution is -2.03. The van der Waals surface area contributed by atoms with Crippen molar-refractivity contribution in [3.05, 3.63) is 33.5 Å². The number of alkyl halides is 2. The van der Waals surface area contributed by atoms with Crippen LogP contribution >= 0.6 is 0 Å². The molecule has 0 saturated carbocycles. The van der Waals surface area contributed by atoms with Crippen molar-refractivity contribution in [2.75, 3.05) is 0 Å². The van der Waals surface area contributed by atoms with Crippen LogP contribution in [0.3, 0.4) is 0 Å². The molecule has 1 aromatic heterocycles. The minimum Gasteiger partial charge on any atom is -0.358 e. The zero-order valence-electron chi connectivity index (χ0n) is 6.38. The fraction of sp³-hybridized carbons (Fsp3) is 0.167. The number of hydrogen-bond donors (Lipinski definition) is 0. The summed E-state index contributed by atoms with van der Waals surface area (Å²) >= 11 is 0. The van der Waals surface area contributed by atoms with Crippen molar-refractivity contribution in [1.29, 1.82) is 0 Å². The van der Waals surface area contributed by atoms with E-state index < -0.39 is 34.4 Å². The van der Waals surface area contributed by atoms with Crippen LogP contribution in [-0.4, -0.2) is 9.91 Å². The first kappa shape index (κ1) is 10.4. The second-order valence-electron chi connectivity index (χ2n) is 2.22. The molecule has 0 aliphatic heterocycles. The molecule has 0 saturated heterocycles. The second kappa shape index (κ2) is 3.56. The van der Waals surface area contributed by atoms with Gasteiger partial charge in [0.15, 0.2) is 12.0 Å². The summed E-state index contributed by atoms with van der Waals surface area (Å²) in [7, 11) is 0. The van der Waals surface area contributed by atoms with Crippen molar-refractivity contribution in [2.24, 2.45) is 0 Å². The molecule has 0 radical (unpaired) electrons. The SMILES string of the molecule is O=[N+]([O-])c1ncc(C(F)F)c(F)c1F. The highest BCUT2D eigenvalue weighted by molar-refractivity contribution is 5.27. The first-order chi connectivity index (χ1) is 6.45. The first-order valence-electron chi connectivity index (χ1n) is 3.21. The zero-order valence-corrected chi connectivity index (χ0v) is 6.38. The third kappa shape index (κ3) is 1.63. The van der Waals surface area contributed by atoms with Crippen LogP contribution in [0.4, 0.5) is 23.4 Å². The van der Waals surface area contributed by atoms with Crippen molar-refractivity contribution in [2.45, 2.75) is 6.43 Å². The number of hydrogen-bond acceptors (Lipinski definition) is 3. The topological polar surface area (TPSA) is 56.0 Å². The highest BCUT2D eigenvalue weighted by Crippen LogP contribution is 2.26. The van der Waals surface area contributed by atoms with Gasteiger partial charge in [0.2, 0.25) is 0 Å². The number of halogens is 4. The Hall–Kier alpha value is -1.73. The van der Waals surface area contributed by atoms with Gasteiger partial charge in [0.25, 0.3) is 12.2 Å². The Labute approximate surface area is 74.3 Å². The van der Waals surface area contributed by atoms with Gasteiger partial charge < -0.3 is 10.1 Å². The quantitative estimate of drug-likeness (QED) is 0.427. The lowest BCUT2D eigenvalue weighted by atomic mass is 10.2. The van der Waals surface area contributed by atoms with E-state index in [4.69, 9.17) is 0 Å². The minimum atomic E-state index is -3.27. The van der Waals surface area contributed by atoms with Gasteiger partial charge in [0, 0.05) is 0 Å². The minimum absolute atomic E-state index is 0.237. The van der Waals surface area contributed by atoms with Crippen molar-refractivity contribution in [3.8, 4) is 0 Å². The monoisotopic (exact) mass is 210 g/mol. The molecule has 1 rings (SSSR count). The molecule has 1 aromatic rings. The third-order valence-electron chi connectivity index (χ3n) is 1.38. The van der Waals surface area contributed by atoms with Gasteiger partial charge in [-0.1, -0.05) is 0 Å². The smallest absolute Gasteiger partial charge is 0.358 e. The van der Waals surface area contributed by atoms with Gasteiger partial charge in [-0.3, -0.25) is 0 Å². The maximum absolute atomic E-state index is 12.7. The van der Waals surface area contributed by atoms with Gasteiger partial charge in [-0.05, 0) is 9.91 Å². The molecule has 4 nitrogen and oxygen atoms in total. The van der Waals surface area contributed by atoms with Gasteiger partial charge in [-0.25, -0.2) is 13.2 Å². The molecule has 0 aliphatic rings. The van der Waals surface area contributed by atoms with E-state index in [0.29, 0.717) is 0 Å². The van der Waals surface area contributed by atoms with Crippen LogP contribution in [-0.2, 0) is 0 Å². The van der Waals surface area contributed by atoms with E-state index in [9.17, 15) is 27.7 Å². The van der Waals surface area contributed by atoms with Crippen molar-refractivity contribution in [1.82, 2.24) is 4.98 Å². The molecule has 1 heterocycles. The van der Waals surface area contributed by atoms with Crippen LogP contribution in [0.15, 0.2) is 6.20 Å². The molecule has 14 heavy (non-hydrogen) atoms. The van der Waals surface area contributed by atoms with E-state index in [1.54, 1.807) is 0 Å². The highest BCUT2D eigenvalue weighted by Gasteiger charge is 2.27. The Bertz CT molecular complexity index is 382. The van der Waals surface area contributed by atoms with Crippen LogP contribution in [0.2, 0.25) is 0 Å². The zero-order chi connectivity index (χ0) is 10.9. The summed E-state index contributed by atoms with van der Waals surface area (Å²) in [6.45, 7) is 0.